The molecule has 0 amide bonds. The number of hydrogen-bond donors (Lipinski definition) is 1. The maximum Gasteiger partial charge on any atom is 0.119 e. The molecule has 0 aliphatic rings. The Morgan fingerprint density at radius 2 is 2.05 bits per heavy atom. The molecule has 1 atom stereocenters. The molecule has 0 aromatic heterocycles. The van der Waals surface area contributed by atoms with Crippen molar-refractivity contribution < 1.29 is 4.74 Å². The maximum atomic E-state index is 5.88. The molecule has 3 nitrogen and oxygen atoms in total. The van der Waals surface area contributed by atoms with Gasteiger partial charge in [-0.1, -0.05) is 26.0 Å². The minimum Gasteiger partial charge on any atom is -0.492 e. The summed E-state index contributed by atoms with van der Waals surface area (Å²) in [5, 5.41) is 3.43. The van der Waals surface area contributed by atoms with Crippen LogP contribution >= 0.6 is 11.8 Å². The van der Waals surface area contributed by atoms with Crippen molar-refractivity contribution in [1.82, 2.24) is 10.2 Å². The molecule has 0 aliphatic carbocycles. The lowest BCUT2D eigenvalue weighted by Crippen LogP contribution is -2.34. The van der Waals surface area contributed by atoms with Crippen LogP contribution in [0.3, 0.4) is 0 Å². The molecule has 1 rings (SSSR count). The largest absolute Gasteiger partial charge is 0.492 e. The van der Waals surface area contributed by atoms with E-state index in [1.54, 1.807) is 0 Å². The first-order chi connectivity index (χ1) is 10.0. The topological polar surface area (TPSA) is 24.5 Å². The Morgan fingerprint density at radius 1 is 1.29 bits per heavy atom. The minimum absolute atomic E-state index is 0.501. The summed E-state index contributed by atoms with van der Waals surface area (Å²) in [4.78, 5) is 2.35. The average molecular weight is 311 g/mol. The van der Waals surface area contributed by atoms with E-state index in [9.17, 15) is 0 Å². The molecular formula is C17H30N2OS. The fourth-order valence-corrected chi connectivity index (χ4v) is 2.70. The van der Waals surface area contributed by atoms with Crippen molar-refractivity contribution in [3.63, 3.8) is 0 Å². The summed E-state index contributed by atoms with van der Waals surface area (Å²) in [7, 11) is 2.16. The zero-order valence-electron chi connectivity index (χ0n) is 14.1. The Labute approximate surface area is 134 Å². The highest BCUT2D eigenvalue weighted by Gasteiger charge is 2.08. The zero-order valence-corrected chi connectivity index (χ0v) is 14.9. The first kappa shape index (κ1) is 18.3. The predicted molar refractivity (Wildman–Crippen MR) is 94.4 cm³/mol. The van der Waals surface area contributed by atoms with Crippen LogP contribution in [0.1, 0.15) is 26.3 Å². The number of ether oxygens (including phenoxy) is 1. The third-order valence-corrected chi connectivity index (χ3v) is 4.30. The zero-order chi connectivity index (χ0) is 15.7. The third-order valence-electron chi connectivity index (χ3n) is 3.49. The summed E-state index contributed by atoms with van der Waals surface area (Å²) in [5.74, 6) is 2.12. The molecule has 120 valence electrons. The summed E-state index contributed by atoms with van der Waals surface area (Å²) in [6.45, 7) is 9.15. The van der Waals surface area contributed by atoms with Gasteiger partial charge in [-0.3, -0.25) is 4.90 Å². The molecule has 0 radical (unpaired) electrons. The molecule has 1 N–H and O–H groups in total. The molecule has 21 heavy (non-hydrogen) atoms. The standard InChI is InChI=1S/C17H30N2OS/c1-14(2)18-12-16-7-6-8-17(11-16)20-10-9-19(4)15(3)13-21-5/h6-8,11,14-15,18H,9-10,12-13H2,1-5H3. The van der Waals surface area contributed by atoms with E-state index in [1.807, 2.05) is 17.8 Å². The number of rotatable bonds is 10. The molecule has 1 unspecified atom stereocenters. The van der Waals surface area contributed by atoms with E-state index in [0.717, 1.165) is 31.2 Å². The van der Waals surface area contributed by atoms with Crippen LogP contribution < -0.4 is 10.1 Å². The van der Waals surface area contributed by atoms with Gasteiger partial charge in [-0.05, 0) is 37.9 Å². The highest BCUT2D eigenvalue weighted by Crippen LogP contribution is 2.13. The second-order valence-electron chi connectivity index (χ2n) is 5.82. The summed E-state index contributed by atoms with van der Waals surface area (Å²) in [6, 6.07) is 9.44. The molecule has 0 bridgehead atoms. The fraction of sp³-hybridized carbons (Fsp3) is 0.647. The van der Waals surface area contributed by atoms with Gasteiger partial charge in [-0.2, -0.15) is 11.8 Å². The lowest BCUT2D eigenvalue weighted by atomic mass is 10.2. The van der Waals surface area contributed by atoms with Crippen LogP contribution in [0.2, 0.25) is 0 Å². The Bertz CT molecular complexity index is 398. The van der Waals surface area contributed by atoms with Crippen LogP contribution in [0.15, 0.2) is 24.3 Å². The van der Waals surface area contributed by atoms with Crippen LogP contribution in [0.25, 0.3) is 0 Å². The number of nitrogens with one attached hydrogen (secondary N) is 1. The third kappa shape index (κ3) is 7.74. The molecule has 0 fully saturated rings. The van der Waals surface area contributed by atoms with Crippen LogP contribution in [-0.2, 0) is 6.54 Å². The van der Waals surface area contributed by atoms with Crippen molar-refractivity contribution in [2.45, 2.75) is 39.4 Å². The SMILES string of the molecule is CSCC(C)N(C)CCOc1cccc(CNC(C)C)c1. The molecule has 1 aromatic rings. The summed E-state index contributed by atoms with van der Waals surface area (Å²) < 4.78 is 5.88. The maximum absolute atomic E-state index is 5.88. The van der Waals surface area contributed by atoms with Gasteiger partial charge in [0, 0.05) is 30.9 Å². The Morgan fingerprint density at radius 3 is 2.71 bits per heavy atom. The highest BCUT2D eigenvalue weighted by molar-refractivity contribution is 7.98. The minimum atomic E-state index is 0.501. The molecule has 1 aromatic carbocycles. The van der Waals surface area contributed by atoms with E-state index in [0.29, 0.717) is 12.1 Å². The summed E-state index contributed by atoms with van der Waals surface area (Å²) in [5.41, 5.74) is 1.27. The normalized spacial score (nSPS) is 12.9. The number of hydrogen-bond acceptors (Lipinski definition) is 4. The van der Waals surface area contributed by atoms with Crippen LogP contribution in [0.5, 0.6) is 5.75 Å². The number of benzene rings is 1. The van der Waals surface area contributed by atoms with Gasteiger partial charge in [0.25, 0.3) is 0 Å². The lowest BCUT2D eigenvalue weighted by molar-refractivity contribution is 0.210. The molecule has 4 heteroatoms. The first-order valence-corrected chi connectivity index (χ1v) is 9.06. The summed E-state index contributed by atoms with van der Waals surface area (Å²) in [6.07, 6.45) is 2.15. The van der Waals surface area contributed by atoms with Crippen molar-refractivity contribution in [1.29, 1.82) is 0 Å². The Balaban J connectivity index is 2.36. The average Bonchev–Trinajstić information content (AvgIpc) is 2.45. The van der Waals surface area contributed by atoms with Gasteiger partial charge < -0.3 is 10.1 Å². The second-order valence-corrected chi connectivity index (χ2v) is 6.73. The molecule has 0 saturated heterocycles. The quantitative estimate of drug-likeness (QED) is 0.717. The van der Waals surface area contributed by atoms with E-state index < -0.39 is 0 Å². The second kappa shape index (κ2) is 10.1. The van der Waals surface area contributed by atoms with Crippen LogP contribution in [0.4, 0.5) is 0 Å². The highest BCUT2D eigenvalue weighted by atomic mass is 32.2. The van der Waals surface area contributed by atoms with Gasteiger partial charge in [0.05, 0.1) is 0 Å². The molecular weight excluding hydrogens is 280 g/mol. The summed E-state index contributed by atoms with van der Waals surface area (Å²) >= 11 is 1.89. The van der Waals surface area contributed by atoms with Crippen molar-refractivity contribution in [2.75, 3.05) is 32.2 Å². The smallest absolute Gasteiger partial charge is 0.119 e. The van der Waals surface area contributed by atoms with E-state index in [1.165, 1.54) is 5.56 Å². The molecule has 0 aliphatic heterocycles. The monoisotopic (exact) mass is 310 g/mol. The van der Waals surface area contributed by atoms with Gasteiger partial charge >= 0.3 is 0 Å². The van der Waals surface area contributed by atoms with Gasteiger partial charge in [0.2, 0.25) is 0 Å². The van der Waals surface area contributed by atoms with Crippen LogP contribution in [0, 0.1) is 0 Å². The van der Waals surface area contributed by atoms with Crippen LogP contribution in [-0.4, -0.2) is 49.2 Å². The number of thioether (sulfide) groups is 1. The van der Waals surface area contributed by atoms with E-state index in [4.69, 9.17) is 4.74 Å². The molecule has 0 saturated carbocycles. The molecule has 0 spiro atoms. The van der Waals surface area contributed by atoms with E-state index in [2.05, 4.69) is 62.5 Å². The van der Waals surface area contributed by atoms with E-state index >= 15 is 0 Å². The Hall–Kier alpha value is -0.710. The number of nitrogens with zero attached hydrogens (tertiary/aromatic N) is 1. The first-order valence-electron chi connectivity index (χ1n) is 7.67. The van der Waals surface area contributed by atoms with Crippen molar-refractivity contribution in [2.24, 2.45) is 0 Å². The van der Waals surface area contributed by atoms with Gasteiger partial charge in [-0.25, -0.2) is 0 Å². The number of likely N-dealkylation sites (N-methyl/N-ethyl adjacent to an activating group) is 1. The van der Waals surface area contributed by atoms with Crippen molar-refractivity contribution in [3.8, 4) is 5.75 Å². The lowest BCUT2D eigenvalue weighted by Gasteiger charge is -2.23. The van der Waals surface area contributed by atoms with Gasteiger partial charge in [0.1, 0.15) is 12.4 Å². The van der Waals surface area contributed by atoms with Crippen molar-refractivity contribution in [3.05, 3.63) is 29.8 Å². The van der Waals surface area contributed by atoms with Crippen molar-refractivity contribution >= 4 is 11.8 Å². The van der Waals surface area contributed by atoms with E-state index in [-0.39, 0.29) is 0 Å². The molecule has 0 heterocycles. The van der Waals surface area contributed by atoms with Gasteiger partial charge in [-0.15, -0.1) is 0 Å². The predicted octanol–water partition coefficient (Wildman–Crippen LogP) is 3.25. The fourth-order valence-electron chi connectivity index (χ4n) is 1.96. The van der Waals surface area contributed by atoms with Gasteiger partial charge in [0.15, 0.2) is 0 Å². The Kier molecular flexibility index (Phi) is 8.81.